The highest BCUT2D eigenvalue weighted by Crippen LogP contribution is 2.22. The van der Waals surface area contributed by atoms with Crippen molar-refractivity contribution in [2.75, 3.05) is 29.9 Å². The van der Waals surface area contributed by atoms with Gasteiger partial charge in [-0.25, -0.2) is 18.1 Å². The summed E-state index contributed by atoms with van der Waals surface area (Å²) in [7, 11) is -4.69. The van der Waals surface area contributed by atoms with E-state index in [4.69, 9.17) is 11.6 Å². The van der Waals surface area contributed by atoms with Gasteiger partial charge in [-0.15, -0.1) is 0 Å². The fraction of sp³-hybridized carbons (Fsp3) is 0.545. The molecule has 20 heavy (non-hydrogen) atoms. The topological polar surface area (TPSA) is 88.2 Å². The second-order valence-corrected chi connectivity index (χ2v) is 7.90. The summed E-state index contributed by atoms with van der Waals surface area (Å²) in [5, 5.41) is 3.16. The van der Waals surface area contributed by atoms with Crippen LogP contribution < -0.4 is 10.0 Å². The Morgan fingerprint density at radius 3 is 2.65 bits per heavy atom. The monoisotopic (exact) mass is 339 g/mol. The quantitative estimate of drug-likeness (QED) is 0.743. The molecule has 0 aliphatic carbocycles. The molecule has 0 aromatic carbocycles. The van der Waals surface area contributed by atoms with E-state index in [-0.39, 0.29) is 22.2 Å². The maximum atomic E-state index is 12.0. The van der Waals surface area contributed by atoms with Crippen LogP contribution in [0.1, 0.15) is 13.8 Å². The van der Waals surface area contributed by atoms with E-state index in [2.05, 4.69) is 15.0 Å². The minimum Gasteiger partial charge on any atom is -0.369 e. The Balaban J connectivity index is 2.77. The molecule has 1 rings (SSSR count). The Kier molecular flexibility index (Phi) is 6.87. The molecule has 1 aromatic heterocycles. The number of hydrogen-bond donors (Lipinski definition) is 2. The maximum absolute atomic E-state index is 12.0. The first-order chi connectivity index (χ1) is 9.40. The van der Waals surface area contributed by atoms with Crippen molar-refractivity contribution in [1.82, 2.24) is 9.71 Å². The van der Waals surface area contributed by atoms with Gasteiger partial charge in [-0.2, -0.15) is 0 Å². The van der Waals surface area contributed by atoms with E-state index in [1.807, 2.05) is 6.92 Å². The maximum Gasteiger partial charge on any atom is 0.242 e. The van der Waals surface area contributed by atoms with Gasteiger partial charge in [0.2, 0.25) is 10.0 Å². The Labute approximate surface area is 126 Å². The van der Waals surface area contributed by atoms with E-state index in [9.17, 15) is 12.6 Å². The van der Waals surface area contributed by atoms with E-state index >= 15 is 0 Å². The molecule has 1 atom stereocenters. The third-order valence-electron chi connectivity index (χ3n) is 2.41. The molecule has 0 aliphatic rings. The van der Waals surface area contributed by atoms with Crippen molar-refractivity contribution in [2.45, 2.75) is 18.7 Å². The lowest BCUT2D eigenvalue weighted by molar-refractivity contribution is 0.583. The van der Waals surface area contributed by atoms with Crippen molar-refractivity contribution in [2.24, 2.45) is 0 Å². The van der Waals surface area contributed by atoms with E-state index in [0.717, 1.165) is 0 Å². The average Bonchev–Trinajstić information content (AvgIpc) is 2.40. The second kappa shape index (κ2) is 7.92. The number of hydrogen-bond acceptors (Lipinski definition) is 5. The molecule has 114 valence electrons. The lowest BCUT2D eigenvalue weighted by Gasteiger charge is -2.09. The van der Waals surface area contributed by atoms with Gasteiger partial charge in [0, 0.05) is 41.6 Å². The van der Waals surface area contributed by atoms with Crippen molar-refractivity contribution >= 4 is 38.2 Å². The number of aromatic nitrogens is 1. The fourth-order valence-electron chi connectivity index (χ4n) is 1.38. The molecular formula is C11H18ClN3O3S2. The molecule has 0 saturated heterocycles. The van der Waals surface area contributed by atoms with Gasteiger partial charge < -0.3 is 5.32 Å². The molecule has 0 saturated carbocycles. The summed E-state index contributed by atoms with van der Waals surface area (Å²) < 4.78 is 37.6. The summed E-state index contributed by atoms with van der Waals surface area (Å²) in [6, 6.07) is 1.34. The van der Waals surface area contributed by atoms with Crippen molar-refractivity contribution in [1.29, 1.82) is 0 Å². The summed E-state index contributed by atoms with van der Waals surface area (Å²) in [6.07, 6.45) is 1.24. The van der Waals surface area contributed by atoms with E-state index in [1.54, 1.807) is 6.92 Å². The largest absolute Gasteiger partial charge is 0.369 e. The van der Waals surface area contributed by atoms with Gasteiger partial charge >= 0.3 is 0 Å². The van der Waals surface area contributed by atoms with Gasteiger partial charge in [-0.05, 0) is 13.0 Å². The zero-order valence-corrected chi connectivity index (χ0v) is 13.7. The fourth-order valence-corrected chi connectivity index (χ4v) is 3.43. The van der Waals surface area contributed by atoms with Crippen LogP contribution in [0.3, 0.4) is 0 Å². The highest BCUT2D eigenvalue weighted by Gasteiger charge is 2.16. The highest BCUT2D eigenvalue weighted by atomic mass is 35.5. The van der Waals surface area contributed by atoms with Crippen LogP contribution in [-0.2, 0) is 20.8 Å². The van der Waals surface area contributed by atoms with Crippen LogP contribution >= 0.6 is 11.6 Å². The normalized spacial score (nSPS) is 13.2. The Hall–Kier alpha value is -0.700. The molecule has 2 N–H and O–H groups in total. The SMILES string of the molecule is CCNc1ncc(S(=O)(=O)NCCS(=O)CC)cc1Cl. The molecular weight excluding hydrogens is 322 g/mol. The number of pyridine rings is 1. The first kappa shape index (κ1) is 17.4. The molecule has 0 aliphatic heterocycles. The first-order valence-electron chi connectivity index (χ1n) is 6.14. The van der Waals surface area contributed by atoms with Crippen molar-refractivity contribution in [3.63, 3.8) is 0 Å². The van der Waals surface area contributed by atoms with Crippen LogP contribution in [0.25, 0.3) is 0 Å². The average molecular weight is 340 g/mol. The third-order valence-corrected chi connectivity index (χ3v) is 5.43. The second-order valence-electron chi connectivity index (χ2n) is 3.86. The third kappa shape index (κ3) is 5.01. The van der Waals surface area contributed by atoms with Crippen molar-refractivity contribution in [3.05, 3.63) is 17.3 Å². The summed E-state index contributed by atoms with van der Waals surface area (Å²) >= 11 is 5.96. The first-order valence-corrected chi connectivity index (χ1v) is 9.49. The van der Waals surface area contributed by atoms with Crippen LogP contribution in [0.4, 0.5) is 5.82 Å². The van der Waals surface area contributed by atoms with Crippen LogP contribution in [0.15, 0.2) is 17.2 Å². The molecule has 9 heteroatoms. The van der Waals surface area contributed by atoms with Gasteiger partial charge in [-0.1, -0.05) is 18.5 Å². The van der Waals surface area contributed by atoms with Crippen molar-refractivity contribution in [3.8, 4) is 0 Å². The van der Waals surface area contributed by atoms with Gasteiger partial charge in [0.05, 0.1) is 5.02 Å². The number of nitrogens with one attached hydrogen (secondary N) is 2. The standard InChI is InChI=1S/C11H18ClN3O3S2/c1-3-13-11-10(12)7-9(8-14-11)20(17,18)15-5-6-19(16)4-2/h7-8,15H,3-6H2,1-2H3,(H,13,14). The minimum absolute atomic E-state index is 0.00793. The number of sulfonamides is 1. The molecule has 0 fully saturated rings. The molecule has 1 unspecified atom stereocenters. The predicted molar refractivity (Wildman–Crippen MR) is 82.1 cm³/mol. The summed E-state index contributed by atoms with van der Waals surface area (Å²) in [6.45, 7) is 4.43. The van der Waals surface area contributed by atoms with Crippen molar-refractivity contribution < 1.29 is 12.6 Å². The van der Waals surface area contributed by atoms with E-state index in [1.165, 1.54) is 12.3 Å². The Morgan fingerprint density at radius 2 is 2.10 bits per heavy atom. The molecule has 0 bridgehead atoms. The van der Waals surface area contributed by atoms with Crippen LogP contribution in [0.2, 0.25) is 5.02 Å². The molecule has 1 heterocycles. The zero-order valence-electron chi connectivity index (χ0n) is 11.3. The molecule has 0 radical (unpaired) electrons. The highest BCUT2D eigenvalue weighted by molar-refractivity contribution is 7.89. The van der Waals surface area contributed by atoms with Gasteiger partial charge in [0.25, 0.3) is 0 Å². The molecule has 0 amide bonds. The van der Waals surface area contributed by atoms with Crippen LogP contribution in [0, 0.1) is 0 Å². The number of nitrogens with zero attached hydrogens (tertiary/aromatic N) is 1. The smallest absolute Gasteiger partial charge is 0.242 e. The van der Waals surface area contributed by atoms with E-state index < -0.39 is 20.8 Å². The van der Waals surface area contributed by atoms with E-state index in [0.29, 0.717) is 18.1 Å². The predicted octanol–water partition coefficient (Wildman–Crippen LogP) is 1.21. The molecule has 1 aromatic rings. The zero-order chi connectivity index (χ0) is 15.2. The lowest BCUT2D eigenvalue weighted by Crippen LogP contribution is -2.28. The van der Waals surface area contributed by atoms with Gasteiger partial charge in [0.1, 0.15) is 10.7 Å². The Bertz CT molecular complexity index is 578. The van der Waals surface area contributed by atoms with Crippen LogP contribution in [-0.4, -0.2) is 42.2 Å². The minimum atomic E-state index is -3.68. The van der Waals surface area contributed by atoms with Crippen LogP contribution in [0.5, 0.6) is 0 Å². The molecule has 0 spiro atoms. The van der Waals surface area contributed by atoms with Gasteiger partial charge in [-0.3, -0.25) is 4.21 Å². The van der Waals surface area contributed by atoms with Gasteiger partial charge in [0.15, 0.2) is 0 Å². The Morgan fingerprint density at radius 1 is 1.40 bits per heavy atom. The number of anilines is 1. The summed E-state index contributed by atoms with van der Waals surface area (Å²) in [5.41, 5.74) is 0. The number of rotatable bonds is 8. The summed E-state index contributed by atoms with van der Waals surface area (Å²) in [4.78, 5) is 3.96. The summed E-state index contributed by atoms with van der Waals surface area (Å²) in [5.74, 6) is 1.24. The number of halogens is 1. The lowest BCUT2D eigenvalue weighted by atomic mass is 10.4. The molecule has 6 nitrogen and oxygen atoms in total.